The van der Waals surface area contributed by atoms with Gasteiger partial charge in [-0.2, -0.15) is 0 Å². The Kier molecular flexibility index (Phi) is 6.40. The fourth-order valence-electron chi connectivity index (χ4n) is 3.07. The van der Waals surface area contributed by atoms with Crippen LogP contribution in [-0.4, -0.2) is 16.2 Å². The van der Waals surface area contributed by atoms with Gasteiger partial charge < -0.3 is 9.88 Å². The van der Waals surface area contributed by atoms with Crippen molar-refractivity contribution in [3.63, 3.8) is 0 Å². The molecule has 0 aliphatic heterocycles. The number of aryl methyl sites for hydroxylation is 2. The van der Waals surface area contributed by atoms with Crippen molar-refractivity contribution in [2.24, 2.45) is 0 Å². The van der Waals surface area contributed by atoms with Crippen molar-refractivity contribution in [1.29, 1.82) is 0 Å². The number of unbranched alkanes of at least 4 members (excludes halogenated alkanes) is 1. The van der Waals surface area contributed by atoms with Crippen molar-refractivity contribution >= 4 is 34.3 Å². The second kappa shape index (κ2) is 8.95. The van der Waals surface area contributed by atoms with Gasteiger partial charge in [0.2, 0.25) is 5.91 Å². The van der Waals surface area contributed by atoms with Crippen molar-refractivity contribution in [2.75, 3.05) is 11.1 Å². The van der Waals surface area contributed by atoms with E-state index in [4.69, 9.17) is 0 Å². The molecule has 0 saturated heterocycles. The van der Waals surface area contributed by atoms with Crippen molar-refractivity contribution in [2.45, 2.75) is 44.6 Å². The van der Waals surface area contributed by atoms with Gasteiger partial charge >= 0.3 is 0 Å². The van der Waals surface area contributed by atoms with Gasteiger partial charge in [-0.05, 0) is 43.5 Å². The lowest BCUT2D eigenvalue weighted by Gasteiger charge is -2.06. The quantitative estimate of drug-likeness (QED) is 0.516. The van der Waals surface area contributed by atoms with Crippen LogP contribution in [0.25, 0.3) is 10.9 Å². The molecule has 3 rings (SSSR count). The minimum Gasteiger partial charge on any atom is -0.347 e. The average molecular weight is 367 g/mol. The van der Waals surface area contributed by atoms with Crippen molar-refractivity contribution in [3.05, 3.63) is 60.3 Å². The van der Waals surface area contributed by atoms with Gasteiger partial charge in [-0.15, -0.1) is 11.8 Å². The summed E-state index contributed by atoms with van der Waals surface area (Å²) in [5, 5.41) is 4.21. The van der Waals surface area contributed by atoms with Gasteiger partial charge in [0.1, 0.15) is 0 Å². The SMILES string of the molecule is CCCCc1ccc(NC(=O)CSc2cn(CC)c3ccccc23)cc1. The highest BCUT2D eigenvalue weighted by Crippen LogP contribution is 2.30. The molecule has 0 unspecified atom stereocenters. The fourth-order valence-corrected chi connectivity index (χ4v) is 3.95. The molecule has 4 heteroatoms. The minimum atomic E-state index is 0.0321. The molecule has 1 aromatic heterocycles. The number of benzene rings is 2. The van der Waals surface area contributed by atoms with Crippen LogP contribution in [0.1, 0.15) is 32.3 Å². The highest BCUT2D eigenvalue weighted by atomic mass is 32.2. The van der Waals surface area contributed by atoms with E-state index in [-0.39, 0.29) is 5.91 Å². The first-order chi connectivity index (χ1) is 12.7. The molecule has 1 N–H and O–H groups in total. The van der Waals surface area contributed by atoms with Gasteiger partial charge in [0.15, 0.2) is 0 Å². The van der Waals surface area contributed by atoms with E-state index in [1.54, 1.807) is 11.8 Å². The van der Waals surface area contributed by atoms with Gasteiger partial charge in [0.25, 0.3) is 0 Å². The zero-order chi connectivity index (χ0) is 18.4. The summed E-state index contributed by atoms with van der Waals surface area (Å²) >= 11 is 1.59. The Morgan fingerprint density at radius 1 is 1.08 bits per heavy atom. The number of hydrogen-bond donors (Lipinski definition) is 1. The summed E-state index contributed by atoms with van der Waals surface area (Å²) in [6.45, 7) is 5.26. The summed E-state index contributed by atoms with van der Waals surface area (Å²) in [5.74, 6) is 0.444. The summed E-state index contributed by atoms with van der Waals surface area (Å²) in [6.07, 6.45) is 5.64. The third-order valence-electron chi connectivity index (χ3n) is 4.51. The first-order valence-corrected chi connectivity index (χ1v) is 10.3. The van der Waals surface area contributed by atoms with E-state index < -0.39 is 0 Å². The van der Waals surface area contributed by atoms with Crippen LogP contribution in [0.2, 0.25) is 0 Å². The van der Waals surface area contributed by atoms with Crippen LogP contribution >= 0.6 is 11.8 Å². The van der Waals surface area contributed by atoms with Crippen LogP contribution in [0.5, 0.6) is 0 Å². The Labute approximate surface area is 159 Å². The second-order valence-corrected chi connectivity index (χ2v) is 7.45. The largest absolute Gasteiger partial charge is 0.347 e. The number of fused-ring (bicyclic) bond motifs is 1. The van der Waals surface area contributed by atoms with Crippen LogP contribution < -0.4 is 5.32 Å². The van der Waals surface area contributed by atoms with Gasteiger partial charge in [0.05, 0.1) is 5.75 Å². The first-order valence-electron chi connectivity index (χ1n) is 9.30. The standard InChI is InChI=1S/C22H26N2OS/c1-3-5-8-17-11-13-18(14-12-17)23-22(25)16-26-21-15-24(4-2)20-10-7-6-9-19(20)21/h6-7,9-15H,3-5,8,16H2,1-2H3,(H,23,25). The lowest BCUT2D eigenvalue weighted by atomic mass is 10.1. The zero-order valence-corrected chi connectivity index (χ0v) is 16.3. The molecule has 0 bridgehead atoms. The number of thioether (sulfide) groups is 1. The molecule has 0 aliphatic carbocycles. The number of amides is 1. The summed E-state index contributed by atoms with van der Waals surface area (Å²) in [7, 11) is 0. The maximum atomic E-state index is 12.3. The number of anilines is 1. The maximum Gasteiger partial charge on any atom is 0.234 e. The van der Waals surface area contributed by atoms with E-state index in [0.29, 0.717) is 5.75 Å². The Bertz CT molecular complexity index is 867. The van der Waals surface area contributed by atoms with E-state index in [9.17, 15) is 4.79 Å². The van der Waals surface area contributed by atoms with E-state index in [0.717, 1.165) is 23.5 Å². The molecule has 0 fully saturated rings. The summed E-state index contributed by atoms with van der Waals surface area (Å²) in [5.41, 5.74) is 3.42. The number of aromatic nitrogens is 1. The number of hydrogen-bond acceptors (Lipinski definition) is 2. The van der Waals surface area contributed by atoms with Crippen LogP contribution in [-0.2, 0) is 17.8 Å². The normalized spacial score (nSPS) is 11.0. The molecule has 0 atom stereocenters. The number of carbonyl (C=O) groups is 1. The van der Waals surface area contributed by atoms with Gasteiger partial charge in [0, 0.05) is 34.2 Å². The predicted molar refractivity (Wildman–Crippen MR) is 112 cm³/mol. The van der Waals surface area contributed by atoms with Crippen LogP contribution in [0.4, 0.5) is 5.69 Å². The summed E-state index contributed by atoms with van der Waals surface area (Å²) in [4.78, 5) is 13.5. The Hall–Kier alpha value is -2.20. The van der Waals surface area contributed by atoms with Gasteiger partial charge in [-0.25, -0.2) is 0 Å². The number of nitrogens with zero attached hydrogens (tertiary/aromatic N) is 1. The molecule has 26 heavy (non-hydrogen) atoms. The van der Waals surface area contributed by atoms with E-state index in [1.807, 2.05) is 18.2 Å². The number of carbonyl (C=O) groups excluding carboxylic acids is 1. The molecule has 3 nitrogen and oxygen atoms in total. The first kappa shape index (κ1) is 18.6. The number of rotatable bonds is 8. The van der Waals surface area contributed by atoms with Crippen molar-refractivity contribution < 1.29 is 4.79 Å². The molecule has 0 aliphatic rings. The molecule has 0 spiro atoms. The predicted octanol–water partition coefficient (Wildman–Crippen LogP) is 5.73. The Balaban J connectivity index is 1.59. The van der Waals surface area contributed by atoms with E-state index in [2.05, 4.69) is 60.3 Å². The molecule has 1 amide bonds. The van der Waals surface area contributed by atoms with Gasteiger partial charge in [-0.3, -0.25) is 4.79 Å². The van der Waals surface area contributed by atoms with Crippen molar-refractivity contribution in [1.82, 2.24) is 4.57 Å². The lowest BCUT2D eigenvalue weighted by Crippen LogP contribution is -2.13. The molecule has 0 radical (unpaired) electrons. The highest BCUT2D eigenvalue weighted by molar-refractivity contribution is 8.00. The van der Waals surface area contributed by atoms with Crippen LogP contribution in [0.15, 0.2) is 59.6 Å². The molecule has 136 valence electrons. The summed E-state index contributed by atoms with van der Waals surface area (Å²) < 4.78 is 2.23. The number of nitrogens with one attached hydrogen (secondary N) is 1. The molecule has 2 aromatic carbocycles. The van der Waals surface area contributed by atoms with Gasteiger partial charge in [-0.1, -0.05) is 43.7 Å². The maximum absolute atomic E-state index is 12.3. The third-order valence-corrected chi connectivity index (χ3v) is 5.55. The third kappa shape index (κ3) is 4.50. The minimum absolute atomic E-state index is 0.0321. The molecule has 3 aromatic rings. The molecular weight excluding hydrogens is 340 g/mol. The highest BCUT2D eigenvalue weighted by Gasteiger charge is 2.10. The Morgan fingerprint density at radius 2 is 1.85 bits per heavy atom. The smallest absolute Gasteiger partial charge is 0.234 e. The van der Waals surface area contributed by atoms with Crippen LogP contribution in [0.3, 0.4) is 0 Å². The number of para-hydroxylation sites is 1. The lowest BCUT2D eigenvalue weighted by molar-refractivity contribution is -0.113. The average Bonchev–Trinajstić information content (AvgIpc) is 3.04. The topological polar surface area (TPSA) is 34.0 Å². The van der Waals surface area contributed by atoms with E-state index in [1.165, 1.54) is 29.3 Å². The second-order valence-electron chi connectivity index (χ2n) is 6.43. The molecular formula is C22H26N2OS. The molecule has 1 heterocycles. The summed E-state index contributed by atoms with van der Waals surface area (Å²) in [6, 6.07) is 16.6. The van der Waals surface area contributed by atoms with E-state index >= 15 is 0 Å². The van der Waals surface area contributed by atoms with Crippen LogP contribution in [0, 0.1) is 0 Å². The zero-order valence-electron chi connectivity index (χ0n) is 15.5. The monoisotopic (exact) mass is 366 g/mol. The van der Waals surface area contributed by atoms with Crippen molar-refractivity contribution in [3.8, 4) is 0 Å². The fraction of sp³-hybridized carbons (Fsp3) is 0.318. The Morgan fingerprint density at radius 3 is 2.58 bits per heavy atom. The molecule has 0 saturated carbocycles.